The monoisotopic (exact) mass is 446 g/mol. The summed E-state index contributed by atoms with van der Waals surface area (Å²) in [6.45, 7) is 3.33. The van der Waals surface area contributed by atoms with E-state index in [4.69, 9.17) is 4.74 Å². The Morgan fingerprint density at radius 1 is 0.969 bits per heavy atom. The predicted octanol–water partition coefficient (Wildman–Crippen LogP) is 3.51. The van der Waals surface area contributed by atoms with Crippen LogP contribution in [0, 0.1) is 0 Å². The molecule has 8 heteroatoms. The lowest BCUT2D eigenvalue weighted by molar-refractivity contribution is 0.0627. The predicted molar refractivity (Wildman–Crippen MR) is 123 cm³/mol. The molecule has 0 N–H and O–H groups in total. The average Bonchev–Trinajstić information content (AvgIpc) is 3.29. The maximum Gasteiger partial charge on any atom is 0.258 e. The van der Waals surface area contributed by atoms with E-state index in [1.165, 1.54) is 11.3 Å². The van der Waals surface area contributed by atoms with Crippen molar-refractivity contribution in [3.8, 4) is 11.5 Å². The zero-order valence-electron chi connectivity index (χ0n) is 17.4. The molecule has 7 nitrogen and oxygen atoms in total. The number of carbonyl (C=O) groups is 1. The second-order valence-corrected chi connectivity index (χ2v) is 8.53. The molecule has 3 heterocycles. The number of aromatic nitrogens is 2. The molecule has 0 bridgehead atoms. The van der Waals surface area contributed by atoms with Crippen LogP contribution in [0.1, 0.15) is 16.1 Å². The Morgan fingerprint density at radius 3 is 2.56 bits per heavy atom. The van der Waals surface area contributed by atoms with Crippen molar-refractivity contribution >= 4 is 22.2 Å². The summed E-state index contributed by atoms with van der Waals surface area (Å²) in [5.41, 5.74) is 1.32. The second kappa shape index (κ2) is 8.94. The van der Waals surface area contributed by atoms with Crippen LogP contribution >= 0.6 is 11.3 Å². The second-order valence-electron chi connectivity index (χ2n) is 7.65. The molecule has 0 saturated carbocycles. The van der Waals surface area contributed by atoms with E-state index < -0.39 is 0 Å². The summed E-state index contributed by atoms with van der Waals surface area (Å²) in [5, 5.41) is 1.86. The highest BCUT2D eigenvalue weighted by atomic mass is 32.1. The molecule has 2 aromatic carbocycles. The highest BCUT2D eigenvalue weighted by Gasteiger charge is 2.23. The molecule has 2 aromatic heterocycles. The van der Waals surface area contributed by atoms with Crippen molar-refractivity contribution in [2.75, 3.05) is 26.2 Å². The molecule has 32 heavy (non-hydrogen) atoms. The molecule has 0 atom stereocenters. The number of rotatable bonds is 5. The Bertz CT molecular complexity index is 1290. The third kappa shape index (κ3) is 4.42. The minimum Gasteiger partial charge on any atom is -0.457 e. The number of hydrogen-bond acceptors (Lipinski definition) is 6. The molecule has 0 aliphatic carbocycles. The normalized spacial score (nSPS) is 14.6. The van der Waals surface area contributed by atoms with Crippen molar-refractivity contribution in [1.82, 2.24) is 19.2 Å². The van der Waals surface area contributed by atoms with Crippen LogP contribution in [-0.4, -0.2) is 51.3 Å². The summed E-state index contributed by atoms with van der Waals surface area (Å²) < 4.78 is 7.42. The highest BCUT2D eigenvalue weighted by molar-refractivity contribution is 7.15. The van der Waals surface area contributed by atoms with Crippen molar-refractivity contribution in [3.05, 3.63) is 93.9 Å². The van der Waals surface area contributed by atoms with Gasteiger partial charge in [0, 0.05) is 55.9 Å². The third-order valence-corrected chi connectivity index (χ3v) is 6.22. The highest BCUT2D eigenvalue weighted by Crippen LogP contribution is 2.23. The van der Waals surface area contributed by atoms with Crippen LogP contribution in [0.25, 0.3) is 4.96 Å². The lowest BCUT2D eigenvalue weighted by Gasteiger charge is -2.34. The maximum absolute atomic E-state index is 13.0. The van der Waals surface area contributed by atoms with Crippen LogP contribution in [0.4, 0.5) is 0 Å². The first-order valence-electron chi connectivity index (χ1n) is 10.5. The molecule has 1 aliphatic heterocycles. The zero-order valence-corrected chi connectivity index (χ0v) is 18.2. The van der Waals surface area contributed by atoms with Gasteiger partial charge in [-0.25, -0.2) is 4.98 Å². The van der Waals surface area contributed by atoms with Gasteiger partial charge in [0.15, 0.2) is 4.96 Å². The lowest BCUT2D eigenvalue weighted by atomic mass is 10.1. The fourth-order valence-electron chi connectivity index (χ4n) is 3.81. The standard InChI is InChI=1S/C24H22N4O3S/c29-22-16-19(25-24-28(22)13-14-32-24)17-26-9-11-27(12-10-26)23(30)18-5-4-8-21(15-18)31-20-6-2-1-3-7-20/h1-8,13-16H,9-12,17H2. The van der Waals surface area contributed by atoms with Gasteiger partial charge in [-0.05, 0) is 30.3 Å². The average molecular weight is 447 g/mol. The number of thiazole rings is 1. The first-order valence-corrected chi connectivity index (χ1v) is 11.3. The Labute approximate surface area is 189 Å². The Morgan fingerprint density at radius 2 is 1.75 bits per heavy atom. The summed E-state index contributed by atoms with van der Waals surface area (Å²) in [6.07, 6.45) is 1.74. The van der Waals surface area contributed by atoms with E-state index in [-0.39, 0.29) is 11.5 Å². The van der Waals surface area contributed by atoms with Gasteiger partial charge in [-0.3, -0.25) is 18.9 Å². The van der Waals surface area contributed by atoms with Crippen LogP contribution < -0.4 is 10.3 Å². The van der Waals surface area contributed by atoms with Crippen LogP contribution in [0.15, 0.2) is 77.0 Å². The molecule has 4 aromatic rings. The first kappa shape index (κ1) is 20.4. The lowest BCUT2D eigenvalue weighted by Crippen LogP contribution is -2.48. The molecule has 1 amide bonds. The number of fused-ring (bicyclic) bond motifs is 1. The molecule has 1 fully saturated rings. The van der Waals surface area contributed by atoms with E-state index in [1.807, 2.05) is 58.8 Å². The molecule has 162 valence electrons. The van der Waals surface area contributed by atoms with Gasteiger partial charge in [-0.15, -0.1) is 11.3 Å². The smallest absolute Gasteiger partial charge is 0.258 e. The van der Waals surface area contributed by atoms with Crippen molar-refractivity contribution in [2.45, 2.75) is 6.54 Å². The molecular weight excluding hydrogens is 424 g/mol. The van der Waals surface area contributed by atoms with Crippen molar-refractivity contribution in [2.24, 2.45) is 0 Å². The summed E-state index contributed by atoms with van der Waals surface area (Å²) in [6, 6.07) is 18.4. The molecular formula is C24H22N4O3S. The molecule has 0 spiro atoms. The third-order valence-electron chi connectivity index (χ3n) is 5.46. The van der Waals surface area contributed by atoms with Crippen LogP contribution in [0.5, 0.6) is 11.5 Å². The van der Waals surface area contributed by atoms with E-state index in [0.717, 1.165) is 24.5 Å². The fraction of sp³-hybridized carbons (Fsp3) is 0.208. The van der Waals surface area contributed by atoms with Gasteiger partial charge in [-0.1, -0.05) is 24.3 Å². The number of amides is 1. The maximum atomic E-state index is 13.0. The molecule has 1 saturated heterocycles. The number of carbonyl (C=O) groups excluding carboxylic acids is 1. The molecule has 1 aliphatic rings. The van der Waals surface area contributed by atoms with E-state index in [2.05, 4.69) is 9.88 Å². The summed E-state index contributed by atoms with van der Waals surface area (Å²) >= 11 is 1.45. The minimum atomic E-state index is -0.0577. The Hall–Kier alpha value is -3.49. The number of ether oxygens (including phenoxy) is 1. The van der Waals surface area contributed by atoms with Crippen LogP contribution in [0.3, 0.4) is 0 Å². The van der Waals surface area contributed by atoms with Crippen molar-refractivity contribution < 1.29 is 9.53 Å². The number of para-hydroxylation sites is 1. The summed E-state index contributed by atoms with van der Waals surface area (Å²) in [7, 11) is 0. The van der Waals surface area contributed by atoms with Gasteiger partial charge in [0.25, 0.3) is 11.5 Å². The SMILES string of the molecule is O=C(c1cccc(Oc2ccccc2)c1)N1CCN(Cc2cc(=O)n3ccsc3n2)CC1. The van der Waals surface area contributed by atoms with E-state index in [0.29, 0.717) is 35.9 Å². The van der Waals surface area contributed by atoms with E-state index in [1.54, 1.807) is 22.7 Å². The fourth-order valence-corrected chi connectivity index (χ4v) is 4.55. The first-order chi connectivity index (χ1) is 15.7. The summed E-state index contributed by atoms with van der Waals surface area (Å²) in [4.78, 5) is 34.6. The van der Waals surface area contributed by atoms with Gasteiger partial charge in [0.2, 0.25) is 0 Å². The summed E-state index contributed by atoms with van der Waals surface area (Å²) in [5.74, 6) is 1.38. The van der Waals surface area contributed by atoms with Gasteiger partial charge in [-0.2, -0.15) is 0 Å². The molecule has 5 rings (SSSR count). The minimum absolute atomic E-state index is 0.000429. The van der Waals surface area contributed by atoms with Gasteiger partial charge in [0.1, 0.15) is 11.5 Å². The van der Waals surface area contributed by atoms with Gasteiger partial charge >= 0.3 is 0 Å². The van der Waals surface area contributed by atoms with Gasteiger partial charge in [0.05, 0.1) is 5.69 Å². The number of benzene rings is 2. The van der Waals surface area contributed by atoms with Crippen LogP contribution in [-0.2, 0) is 6.54 Å². The quantitative estimate of drug-likeness (QED) is 0.469. The molecule has 0 unspecified atom stereocenters. The molecule has 0 radical (unpaired) electrons. The van der Waals surface area contributed by atoms with Crippen LogP contribution in [0.2, 0.25) is 0 Å². The largest absolute Gasteiger partial charge is 0.457 e. The number of piperazine rings is 1. The topological polar surface area (TPSA) is 67.2 Å². The zero-order chi connectivity index (χ0) is 21.9. The van der Waals surface area contributed by atoms with Gasteiger partial charge < -0.3 is 9.64 Å². The van der Waals surface area contributed by atoms with E-state index in [9.17, 15) is 9.59 Å². The number of hydrogen-bond donors (Lipinski definition) is 0. The van der Waals surface area contributed by atoms with E-state index >= 15 is 0 Å². The Balaban J connectivity index is 1.21. The number of nitrogens with zero attached hydrogens (tertiary/aromatic N) is 4. The Kier molecular flexibility index (Phi) is 5.70. The van der Waals surface area contributed by atoms with Crippen molar-refractivity contribution in [3.63, 3.8) is 0 Å². The van der Waals surface area contributed by atoms with Crippen molar-refractivity contribution in [1.29, 1.82) is 0 Å².